The largest absolute Gasteiger partial charge is 0.496 e. The Balaban J connectivity index is 1.94. The number of hydrogen-bond acceptors (Lipinski definition) is 7. The highest BCUT2D eigenvalue weighted by atomic mass is 16.6. The Morgan fingerprint density at radius 1 is 1.00 bits per heavy atom. The van der Waals surface area contributed by atoms with Crippen molar-refractivity contribution < 1.29 is 28.5 Å². The molecule has 2 atom stereocenters. The van der Waals surface area contributed by atoms with Crippen LogP contribution in [0.2, 0.25) is 0 Å². The molecule has 0 fully saturated rings. The molecule has 0 amide bonds. The number of carbonyl (C=O) groups is 2. The second-order valence-corrected chi connectivity index (χ2v) is 10.0. The molecule has 1 aromatic heterocycles. The number of esters is 2. The molecule has 1 aliphatic rings. The highest BCUT2D eigenvalue weighted by Gasteiger charge is 2.50. The molecule has 1 aliphatic heterocycles. The normalized spacial score (nSPS) is 18.2. The Bertz CT molecular complexity index is 1670. The van der Waals surface area contributed by atoms with E-state index in [0.717, 1.165) is 10.8 Å². The van der Waals surface area contributed by atoms with Crippen molar-refractivity contribution in [3.8, 4) is 11.5 Å². The average molecular weight is 518 g/mol. The molecule has 2 heterocycles. The maximum atomic E-state index is 14.2. The summed E-state index contributed by atoms with van der Waals surface area (Å²) in [6.07, 6.45) is -1.68. The molecular weight excluding hydrogens is 486 g/mol. The Hall–Kier alpha value is -4.07. The van der Waals surface area contributed by atoms with Gasteiger partial charge in [0.15, 0.2) is 12.2 Å². The maximum absolute atomic E-state index is 14.2. The van der Waals surface area contributed by atoms with Crippen LogP contribution in [0, 0.1) is 0 Å². The molecule has 4 aromatic rings. The fraction of sp³-hybridized carbons (Fsp3) is 0.367. The summed E-state index contributed by atoms with van der Waals surface area (Å²) in [6.45, 7) is 6.94. The molecule has 8 heteroatoms. The number of nitrogens with zero attached hydrogens (tertiary/aromatic N) is 1. The van der Waals surface area contributed by atoms with Gasteiger partial charge in [0.1, 0.15) is 17.1 Å². The summed E-state index contributed by atoms with van der Waals surface area (Å²) >= 11 is 0. The standard InChI is InChI=1S/C30H31NO7/c1-7-21(32)36-28-25-20(38-30(3,4)29(28)37-22(33)8-2)15-19(35-6)24-26(25)31(5)18-14-13-16-11-9-10-12-17(16)23(18)27(24)34/h9-15,28-29H,7-8H2,1-6H3/t28-,29-/m1/s1. The summed E-state index contributed by atoms with van der Waals surface area (Å²) in [4.78, 5) is 39.4. The monoisotopic (exact) mass is 517 g/mol. The molecule has 0 saturated heterocycles. The molecule has 0 aliphatic carbocycles. The van der Waals surface area contributed by atoms with Gasteiger partial charge < -0.3 is 23.5 Å². The fourth-order valence-electron chi connectivity index (χ4n) is 5.38. The van der Waals surface area contributed by atoms with Crippen LogP contribution in [0.4, 0.5) is 0 Å². The number of hydrogen-bond donors (Lipinski definition) is 0. The van der Waals surface area contributed by atoms with E-state index in [9.17, 15) is 14.4 Å². The van der Waals surface area contributed by atoms with Crippen LogP contribution in [0.25, 0.3) is 32.6 Å². The van der Waals surface area contributed by atoms with Gasteiger partial charge in [-0.25, -0.2) is 0 Å². The predicted molar refractivity (Wildman–Crippen MR) is 145 cm³/mol. The molecule has 0 spiro atoms. The number of aromatic nitrogens is 1. The minimum absolute atomic E-state index is 0.128. The highest BCUT2D eigenvalue weighted by molar-refractivity contribution is 6.11. The molecule has 3 aromatic carbocycles. The third-order valence-corrected chi connectivity index (χ3v) is 7.26. The van der Waals surface area contributed by atoms with Crippen molar-refractivity contribution in [3.63, 3.8) is 0 Å². The van der Waals surface area contributed by atoms with Crippen molar-refractivity contribution in [2.45, 2.75) is 58.3 Å². The molecule has 0 saturated carbocycles. The van der Waals surface area contributed by atoms with Crippen LogP contribution >= 0.6 is 0 Å². The maximum Gasteiger partial charge on any atom is 0.306 e. The van der Waals surface area contributed by atoms with E-state index >= 15 is 0 Å². The molecule has 198 valence electrons. The summed E-state index contributed by atoms with van der Waals surface area (Å²) in [7, 11) is 3.35. The number of fused-ring (bicyclic) bond motifs is 6. The van der Waals surface area contributed by atoms with E-state index < -0.39 is 29.7 Å². The summed E-state index contributed by atoms with van der Waals surface area (Å²) in [5.41, 5.74) is 0.405. The van der Waals surface area contributed by atoms with Crippen LogP contribution in [0.5, 0.6) is 11.5 Å². The van der Waals surface area contributed by atoms with Gasteiger partial charge in [0, 0.05) is 26.0 Å². The predicted octanol–water partition coefficient (Wildman–Crippen LogP) is 5.34. The molecule has 8 nitrogen and oxygen atoms in total. The van der Waals surface area contributed by atoms with Gasteiger partial charge in [0.2, 0.25) is 5.43 Å². The first-order chi connectivity index (χ1) is 18.1. The number of benzene rings is 3. The molecule has 38 heavy (non-hydrogen) atoms. The lowest BCUT2D eigenvalue weighted by Gasteiger charge is -2.43. The van der Waals surface area contributed by atoms with E-state index in [4.69, 9.17) is 18.9 Å². The Kier molecular flexibility index (Phi) is 6.29. The van der Waals surface area contributed by atoms with Crippen molar-refractivity contribution in [1.29, 1.82) is 0 Å². The SMILES string of the molecule is CCC(=O)O[C@@H]1c2c(cc(OC)c3c(=O)c4c5ccccc5ccc4n(C)c23)OC(C)(C)[C@@H]1OC(=O)CC. The van der Waals surface area contributed by atoms with Crippen LogP contribution in [0.3, 0.4) is 0 Å². The minimum Gasteiger partial charge on any atom is -0.496 e. The van der Waals surface area contributed by atoms with E-state index in [1.54, 1.807) is 33.8 Å². The fourth-order valence-corrected chi connectivity index (χ4v) is 5.38. The quantitative estimate of drug-likeness (QED) is 0.200. The van der Waals surface area contributed by atoms with Crippen LogP contribution in [-0.2, 0) is 26.1 Å². The first kappa shape index (κ1) is 25.6. The smallest absolute Gasteiger partial charge is 0.306 e. The van der Waals surface area contributed by atoms with E-state index in [0.29, 0.717) is 38.9 Å². The van der Waals surface area contributed by atoms with Gasteiger partial charge in [-0.2, -0.15) is 0 Å². The van der Waals surface area contributed by atoms with Crippen LogP contribution < -0.4 is 14.9 Å². The summed E-state index contributed by atoms with van der Waals surface area (Å²) < 4.78 is 25.8. The minimum atomic E-state index is -1.04. The Labute approximate surface area is 220 Å². The Morgan fingerprint density at radius 3 is 2.37 bits per heavy atom. The summed E-state index contributed by atoms with van der Waals surface area (Å²) in [5, 5.41) is 2.66. The zero-order chi connectivity index (χ0) is 27.4. The number of methoxy groups -OCH3 is 1. The van der Waals surface area contributed by atoms with Gasteiger partial charge >= 0.3 is 11.9 Å². The van der Waals surface area contributed by atoms with E-state index in [1.165, 1.54) is 7.11 Å². The second-order valence-electron chi connectivity index (χ2n) is 10.0. The van der Waals surface area contributed by atoms with Crippen LogP contribution in [0.15, 0.2) is 47.3 Å². The highest BCUT2D eigenvalue weighted by Crippen LogP contribution is 2.49. The molecular formula is C30H31NO7. The van der Waals surface area contributed by atoms with Gasteiger partial charge in [-0.15, -0.1) is 0 Å². The van der Waals surface area contributed by atoms with Crippen LogP contribution in [0.1, 0.15) is 52.2 Å². The van der Waals surface area contributed by atoms with Gasteiger partial charge in [0.25, 0.3) is 0 Å². The number of aryl methyl sites for hydroxylation is 1. The molecule has 0 radical (unpaired) electrons. The average Bonchev–Trinajstić information content (AvgIpc) is 2.91. The third-order valence-electron chi connectivity index (χ3n) is 7.26. The van der Waals surface area contributed by atoms with Gasteiger partial charge in [-0.1, -0.05) is 44.2 Å². The van der Waals surface area contributed by atoms with E-state index in [1.807, 2.05) is 48.0 Å². The first-order valence-electron chi connectivity index (χ1n) is 12.8. The number of rotatable bonds is 5. The zero-order valence-corrected chi connectivity index (χ0v) is 22.4. The van der Waals surface area contributed by atoms with E-state index in [2.05, 4.69) is 0 Å². The zero-order valence-electron chi connectivity index (χ0n) is 22.4. The Morgan fingerprint density at radius 2 is 1.68 bits per heavy atom. The lowest BCUT2D eigenvalue weighted by Crippen LogP contribution is -2.52. The van der Waals surface area contributed by atoms with Gasteiger partial charge in [-0.3, -0.25) is 14.4 Å². The number of ether oxygens (including phenoxy) is 4. The van der Waals surface area contributed by atoms with Crippen molar-refractivity contribution in [3.05, 3.63) is 58.3 Å². The molecule has 0 N–H and O–H groups in total. The van der Waals surface area contributed by atoms with Gasteiger partial charge in [0.05, 0.1) is 34.5 Å². The van der Waals surface area contributed by atoms with Gasteiger partial charge in [-0.05, 0) is 30.7 Å². The van der Waals surface area contributed by atoms with Crippen molar-refractivity contribution in [2.75, 3.05) is 7.11 Å². The first-order valence-corrected chi connectivity index (χ1v) is 12.8. The van der Waals surface area contributed by atoms with Crippen molar-refractivity contribution in [2.24, 2.45) is 7.05 Å². The number of carbonyl (C=O) groups excluding carboxylic acids is 2. The number of pyridine rings is 1. The second kappa shape index (κ2) is 9.35. The van der Waals surface area contributed by atoms with Crippen molar-refractivity contribution in [1.82, 2.24) is 4.57 Å². The lowest BCUT2D eigenvalue weighted by atomic mass is 9.86. The molecule has 0 bridgehead atoms. The van der Waals surface area contributed by atoms with Crippen molar-refractivity contribution >= 4 is 44.5 Å². The van der Waals surface area contributed by atoms with Crippen LogP contribution in [-0.4, -0.2) is 35.3 Å². The topological polar surface area (TPSA) is 93.1 Å². The molecule has 5 rings (SSSR count). The molecule has 0 unspecified atom stereocenters. The van der Waals surface area contributed by atoms with E-state index in [-0.39, 0.29) is 18.3 Å². The third kappa shape index (κ3) is 3.86. The summed E-state index contributed by atoms with van der Waals surface area (Å²) in [5.74, 6) is -0.171. The summed E-state index contributed by atoms with van der Waals surface area (Å²) in [6, 6.07) is 13.2. The lowest BCUT2D eigenvalue weighted by molar-refractivity contribution is -0.190.